The van der Waals surface area contributed by atoms with Crippen LogP contribution < -0.4 is 9.80 Å². The molecule has 0 aliphatic rings. The monoisotopic (exact) mass is 832 g/mol. The zero-order valence-electron chi connectivity index (χ0n) is 37.9. The minimum Gasteiger partial charge on any atom is -0.455 e. The fourth-order valence-corrected chi connectivity index (χ4v) is 9.94. The van der Waals surface area contributed by atoms with Crippen LogP contribution in [0.2, 0.25) is 0 Å². The molecular weight excluding hydrogens is 781 g/mol. The normalized spacial score (nSPS) is 12.0. The van der Waals surface area contributed by atoms with Gasteiger partial charge in [-0.2, -0.15) is 0 Å². The van der Waals surface area contributed by atoms with Gasteiger partial charge in [0, 0.05) is 66.4 Å². The van der Waals surface area contributed by atoms with Crippen molar-refractivity contribution >= 4 is 99.5 Å². The number of nitrogens with zero attached hydrogens (tertiary/aromatic N) is 2. The topological polar surface area (TPSA) is 32.8 Å². The number of benzene rings is 9. The molecule has 0 fully saturated rings. The number of anilines is 6. The van der Waals surface area contributed by atoms with Crippen molar-refractivity contribution in [1.82, 2.24) is 0 Å². The van der Waals surface area contributed by atoms with Crippen LogP contribution in [-0.2, 0) is 0 Å². The first-order chi connectivity index (χ1) is 30.9. The highest BCUT2D eigenvalue weighted by molar-refractivity contribution is 6.21. The fraction of sp³-hybridized carbons (Fsp3) is 0.167. The van der Waals surface area contributed by atoms with Crippen LogP contribution in [0.25, 0.3) is 65.4 Å². The molecule has 11 rings (SSSR count). The molecule has 0 unspecified atom stereocenters. The molecule has 2 heterocycles. The Morgan fingerprint density at radius 3 is 1.02 bits per heavy atom. The summed E-state index contributed by atoms with van der Waals surface area (Å²) in [5.74, 6) is 0.939. The van der Waals surface area contributed by atoms with E-state index in [0.717, 1.165) is 99.5 Å². The minimum absolute atomic E-state index is 0.469. The van der Waals surface area contributed by atoms with Gasteiger partial charge in [0.2, 0.25) is 0 Å². The molecule has 0 saturated carbocycles. The van der Waals surface area contributed by atoms with E-state index in [1.54, 1.807) is 0 Å². The van der Waals surface area contributed by atoms with Crippen molar-refractivity contribution in [2.45, 2.75) is 67.2 Å². The molecule has 0 amide bonds. The number of hydrogen-bond donors (Lipinski definition) is 0. The maximum absolute atomic E-state index is 6.82. The summed E-state index contributed by atoms with van der Waals surface area (Å²) in [6.07, 6.45) is 0. The summed E-state index contributed by atoms with van der Waals surface area (Å²) in [6.45, 7) is 17.6. The van der Waals surface area contributed by atoms with E-state index in [-0.39, 0.29) is 0 Å². The van der Waals surface area contributed by atoms with Crippen LogP contribution in [0.3, 0.4) is 0 Å². The lowest BCUT2D eigenvalue weighted by Crippen LogP contribution is -2.10. The quantitative estimate of drug-likeness (QED) is 0.153. The third kappa shape index (κ3) is 6.76. The molecule has 4 nitrogen and oxygen atoms in total. The molecule has 0 aliphatic heterocycles. The molecule has 11 aromatic rings. The summed E-state index contributed by atoms with van der Waals surface area (Å²) < 4.78 is 13.6. The lowest BCUT2D eigenvalue weighted by atomic mass is 10.0. The second kappa shape index (κ2) is 15.2. The summed E-state index contributed by atoms with van der Waals surface area (Å²) in [6, 6.07) is 58.2. The number of aryl methyl sites for hydroxylation is 4. The van der Waals surface area contributed by atoms with Crippen LogP contribution in [0.4, 0.5) is 34.1 Å². The Morgan fingerprint density at radius 1 is 0.312 bits per heavy atom. The van der Waals surface area contributed by atoms with Gasteiger partial charge in [0.05, 0.1) is 0 Å². The zero-order chi connectivity index (χ0) is 44.0. The van der Waals surface area contributed by atoms with E-state index in [1.165, 1.54) is 33.4 Å². The maximum atomic E-state index is 6.82. The van der Waals surface area contributed by atoms with E-state index in [0.29, 0.717) is 11.8 Å². The predicted molar refractivity (Wildman–Crippen MR) is 273 cm³/mol. The molecule has 4 heteroatoms. The van der Waals surface area contributed by atoms with Gasteiger partial charge in [0.15, 0.2) is 0 Å². The van der Waals surface area contributed by atoms with Crippen molar-refractivity contribution in [2.24, 2.45) is 0 Å². The number of hydrogen-bond acceptors (Lipinski definition) is 4. The van der Waals surface area contributed by atoms with Crippen LogP contribution in [0.15, 0.2) is 167 Å². The van der Waals surface area contributed by atoms with Gasteiger partial charge in [-0.15, -0.1) is 0 Å². The molecule has 0 radical (unpaired) electrons. The average molecular weight is 833 g/mol. The standard InChI is InChI=1S/C60H52N2O2/c1-35(2)41-9-15-45(16-10-41)61(49-27-37(5)25-38(6)28-49)47-19-23-51-43(31-47)13-21-53-55-33-58-56(34-57(55)63-59(51)53)54-22-14-44-32-48(20-24-52(44)60(54)64-58)62(50-29-39(7)26-40(8)30-50)46-17-11-42(12-18-46)36(3)4/h9-36H,1-8H3. The highest BCUT2D eigenvalue weighted by Crippen LogP contribution is 2.44. The number of fused-ring (bicyclic) bond motifs is 10. The summed E-state index contributed by atoms with van der Waals surface area (Å²) >= 11 is 0. The van der Waals surface area contributed by atoms with Crippen LogP contribution >= 0.6 is 0 Å². The summed E-state index contributed by atoms with van der Waals surface area (Å²) in [5, 5.41) is 8.68. The first-order valence-electron chi connectivity index (χ1n) is 22.6. The van der Waals surface area contributed by atoms with Gasteiger partial charge >= 0.3 is 0 Å². The average Bonchev–Trinajstić information content (AvgIpc) is 3.83. The highest BCUT2D eigenvalue weighted by atomic mass is 16.3. The largest absolute Gasteiger partial charge is 0.455 e. The van der Waals surface area contributed by atoms with Crippen LogP contribution in [-0.4, -0.2) is 0 Å². The van der Waals surface area contributed by atoms with Crippen molar-refractivity contribution in [3.8, 4) is 0 Å². The SMILES string of the molecule is Cc1cc(C)cc(N(c2ccc(C(C)C)cc2)c2ccc3c(ccc4c5cc6oc7c8ccc(N(c9ccc(C(C)C)cc9)c9cc(C)cc(C)c9)cc8ccc7c6cc5oc34)c2)c1. The summed E-state index contributed by atoms with van der Waals surface area (Å²) in [4.78, 5) is 4.73. The summed E-state index contributed by atoms with van der Waals surface area (Å²) in [5.41, 5.74) is 17.9. The van der Waals surface area contributed by atoms with Crippen molar-refractivity contribution in [2.75, 3.05) is 9.80 Å². The lowest BCUT2D eigenvalue weighted by molar-refractivity contribution is 0.667. The molecule has 314 valence electrons. The fourth-order valence-electron chi connectivity index (χ4n) is 9.94. The Labute approximate surface area is 375 Å². The first kappa shape index (κ1) is 39.5. The van der Waals surface area contributed by atoms with Gasteiger partial charge in [0.25, 0.3) is 0 Å². The van der Waals surface area contributed by atoms with Gasteiger partial charge in [-0.3, -0.25) is 0 Å². The second-order valence-corrected chi connectivity index (χ2v) is 18.6. The van der Waals surface area contributed by atoms with Gasteiger partial charge in [-0.1, -0.05) is 76.2 Å². The van der Waals surface area contributed by atoms with Crippen LogP contribution in [0.1, 0.15) is 72.9 Å². The Morgan fingerprint density at radius 2 is 0.656 bits per heavy atom. The second-order valence-electron chi connectivity index (χ2n) is 18.6. The van der Waals surface area contributed by atoms with E-state index in [9.17, 15) is 0 Å². The van der Waals surface area contributed by atoms with Gasteiger partial charge in [0.1, 0.15) is 22.3 Å². The van der Waals surface area contributed by atoms with Crippen LogP contribution in [0, 0.1) is 27.7 Å². The minimum atomic E-state index is 0.469. The molecule has 2 aromatic heterocycles. The third-order valence-electron chi connectivity index (χ3n) is 13.1. The Kier molecular flexibility index (Phi) is 9.39. The van der Waals surface area contributed by atoms with Crippen molar-refractivity contribution < 1.29 is 8.83 Å². The molecule has 0 saturated heterocycles. The van der Waals surface area contributed by atoms with Crippen molar-refractivity contribution in [1.29, 1.82) is 0 Å². The molecule has 0 N–H and O–H groups in total. The first-order valence-corrected chi connectivity index (χ1v) is 22.6. The van der Waals surface area contributed by atoms with E-state index >= 15 is 0 Å². The molecule has 9 aromatic carbocycles. The predicted octanol–water partition coefficient (Wildman–Crippen LogP) is 18.2. The van der Waals surface area contributed by atoms with Gasteiger partial charge < -0.3 is 18.6 Å². The van der Waals surface area contributed by atoms with Gasteiger partial charge in [-0.25, -0.2) is 0 Å². The van der Waals surface area contributed by atoms with E-state index < -0.39 is 0 Å². The molecular formula is C60H52N2O2. The van der Waals surface area contributed by atoms with Gasteiger partial charge in [-0.05, 0) is 193 Å². The van der Waals surface area contributed by atoms with E-state index in [4.69, 9.17) is 8.83 Å². The molecule has 0 atom stereocenters. The highest BCUT2D eigenvalue weighted by Gasteiger charge is 2.20. The maximum Gasteiger partial charge on any atom is 0.143 e. The number of furan rings is 2. The van der Waals surface area contributed by atoms with Crippen molar-refractivity contribution in [3.63, 3.8) is 0 Å². The Hall–Kier alpha value is -7.30. The molecule has 0 spiro atoms. The van der Waals surface area contributed by atoms with E-state index in [2.05, 4.69) is 223 Å². The van der Waals surface area contributed by atoms with Crippen LogP contribution in [0.5, 0.6) is 0 Å². The lowest BCUT2D eigenvalue weighted by Gasteiger charge is -2.27. The molecule has 0 aliphatic carbocycles. The summed E-state index contributed by atoms with van der Waals surface area (Å²) in [7, 11) is 0. The third-order valence-corrected chi connectivity index (χ3v) is 13.1. The number of rotatable bonds is 8. The zero-order valence-corrected chi connectivity index (χ0v) is 37.9. The molecule has 64 heavy (non-hydrogen) atoms. The molecule has 0 bridgehead atoms. The Bertz CT molecular complexity index is 3320. The Balaban J connectivity index is 0.992. The van der Waals surface area contributed by atoms with E-state index in [1.807, 2.05) is 0 Å². The van der Waals surface area contributed by atoms with Crippen molar-refractivity contribution in [3.05, 3.63) is 191 Å². The smallest absolute Gasteiger partial charge is 0.143 e.